The summed E-state index contributed by atoms with van der Waals surface area (Å²) in [4.78, 5) is 12.7. The molecule has 0 bridgehead atoms. The molecule has 148 valence electrons. The number of sulfonamides is 1. The fourth-order valence-electron chi connectivity index (χ4n) is 4.42. The summed E-state index contributed by atoms with van der Waals surface area (Å²) in [6.07, 6.45) is 6.00. The molecule has 2 aromatic rings. The van der Waals surface area contributed by atoms with Crippen molar-refractivity contribution in [2.75, 3.05) is 17.1 Å². The summed E-state index contributed by atoms with van der Waals surface area (Å²) in [7, 11) is -3.27. The Bertz CT molecular complexity index is 965. The Morgan fingerprint density at radius 1 is 1.04 bits per heavy atom. The second-order valence-electron chi connectivity index (χ2n) is 7.86. The Morgan fingerprint density at radius 3 is 2.43 bits per heavy atom. The third kappa shape index (κ3) is 3.92. The highest BCUT2D eigenvalue weighted by atomic mass is 32.2. The number of hydrogen-bond donors (Lipinski definition) is 1. The van der Waals surface area contributed by atoms with Crippen LogP contribution in [0.25, 0.3) is 0 Å². The summed E-state index contributed by atoms with van der Waals surface area (Å²) < 4.78 is 25.1. The number of anilines is 1. The van der Waals surface area contributed by atoms with Gasteiger partial charge in [-0.15, -0.1) is 0 Å². The van der Waals surface area contributed by atoms with Gasteiger partial charge in [-0.05, 0) is 67.3 Å². The number of rotatable bonds is 4. The van der Waals surface area contributed by atoms with Gasteiger partial charge >= 0.3 is 0 Å². The van der Waals surface area contributed by atoms with E-state index < -0.39 is 10.0 Å². The molecule has 5 nitrogen and oxygen atoms in total. The minimum atomic E-state index is -3.27. The lowest BCUT2D eigenvalue weighted by molar-refractivity contribution is 0.0925. The molecule has 2 aliphatic rings. The van der Waals surface area contributed by atoms with E-state index in [1.54, 1.807) is 12.1 Å². The quantitative estimate of drug-likeness (QED) is 0.858. The van der Waals surface area contributed by atoms with Crippen molar-refractivity contribution in [3.05, 3.63) is 65.2 Å². The normalized spacial score (nSPS) is 22.0. The van der Waals surface area contributed by atoms with Gasteiger partial charge in [-0.3, -0.25) is 9.10 Å². The Balaban J connectivity index is 1.38. The molecule has 2 aromatic carbocycles. The molecule has 6 heteroatoms. The van der Waals surface area contributed by atoms with Gasteiger partial charge in [-0.2, -0.15) is 0 Å². The van der Waals surface area contributed by atoms with E-state index in [0.717, 1.165) is 31.2 Å². The Morgan fingerprint density at radius 2 is 1.75 bits per heavy atom. The first-order valence-corrected chi connectivity index (χ1v) is 11.7. The number of amides is 1. The van der Waals surface area contributed by atoms with Crippen LogP contribution in [0.3, 0.4) is 0 Å². The smallest absolute Gasteiger partial charge is 0.251 e. The van der Waals surface area contributed by atoms with Crippen molar-refractivity contribution >= 4 is 21.6 Å². The maximum Gasteiger partial charge on any atom is 0.251 e. The highest BCUT2D eigenvalue weighted by Crippen LogP contribution is 2.33. The van der Waals surface area contributed by atoms with Crippen LogP contribution in [-0.2, 0) is 16.4 Å². The summed E-state index contributed by atoms with van der Waals surface area (Å²) in [5.74, 6) is 0.514. The molecular weight excluding hydrogens is 372 g/mol. The molecule has 1 N–H and O–H groups in total. The van der Waals surface area contributed by atoms with Crippen molar-refractivity contribution in [1.82, 2.24) is 5.32 Å². The molecule has 0 aromatic heterocycles. The van der Waals surface area contributed by atoms with E-state index in [2.05, 4.69) is 29.6 Å². The van der Waals surface area contributed by atoms with Crippen LogP contribution in [0.1, 0.15) is 53.1 Å². The molecule has 1 amide bonds. The van der Waals surface area contributed by atoms with Crippen LogP contribution in [0.2, 0.25) is 0 Å². The summed E-state index contributed by atoms with van der Waals surface area (Å²) in [6.45, 7) is 0.447. The molecule has 0 saturated heterocycles. The maximum absolute atomic E-state index is 12.7. The van der Waals surface area contributed by atoms with Crippen LogP contribution in [0.5, 0.6) is 0 Å². The third-order valence-electron chi connectivity index (χ3n) is 5.93. The largest absolute Gasteiger partial charge is 0.349 e. The summed E-state index contributed by atoms with van der Waals surface area (Å²) >= 11 is 0. The summed E-state index contributed by atoms with van der Waals surface area (Å²) in [5, 5.41) is 3.17. The van der Waals surface area contributed by atoms with E-state index in [0.29, 0.717) is 30.1 Å². The van der Waals surface area contributed by atoms with Crippen molar-refractivity contribution in [2.45, 2.75) is 44.1 Å². The fraction of sp³-hybridized carbons (Fsp3) is 0.409. The molecule has 1 aliphatic heterocycles. The first kappa shape index (κ1) is 19.0. The van der Waals surface area contributed by atoms with Crippen molar-refractivity contribution < 1.29 is 13.2 Å². The Hall–Kier alpha value is -2.34. The van der Waals surface area contributed by atoms with E-state index in [1.807, 2.05) is 12.1 Å². The van der Waals surface area contributed by atoms with Crippen LogP contribution in [0.4, 0.5) is 5.69 Å². The van der Waals surface area contributed by atoms with E-state index in [4.69, 9.17) is 0 Å². The standard InChI is InChI=1S/C22H26N2O3S/c1-28(26,27)24-14-13-18-15-19(9-12-21(18)24)22(25)23-20-10-7-17(8-11-20)16-5-3-2-4-6-16/h2-6,9,12,15,17,20H,7-8,10-11,13-14H2,1H3,(H,23,25). The van der Waals surface area contributed by atoms with E-state index >= 15 is 0 Å². The number of carbonyl (C=O) groups excluding carboxylic acids is 1. The fourth-order valence-corrected chi connectivity index (χ4v) is 5.38. The van der Waals surface area contributed by atoms with Gasteiger partial charge in [0, 0.05) is 18.2 Å². The van der Waals surface area contributed by atoms with Crippen LogP contribution < -0.4 is 9.62 Å². The first-order valence-electron chi connectivity index (χ1n) is 9.88. The Kier molecular flexibility index (Phi) is 5.15. The van der Waals surface area contributed by atoms with Crippen LogP contribution >= 0.6 is 0 Å². The number of nitrogens with one attached hydrogen (secondary N) is 1. The van der Waals surface area contributed by atoms with E-state index in [9.17, 15) is 13.2 Å². The molecule has 0 radical (unpaired) electrons. The van der Waals surface area contributed by atoms with Gasteiger partial charge in [0.15, 0.2) is 0 Å². The zero-order valence-corrected chi connectivity index (χ0v) is 16.9. The Labute approximate surface area is 166 Å². The summed E-state index contributed by atoms with van der Waals surface area (Å²) in [6, 6.07) is 16.1. The minimum absolute atomic E-state index is 0.0660. The number of carbonyl (C=O) groups is 1. The van der Waals surface area contributed by atoms with Crippen LogP contribution in [0.15, 0.2) is 48.5 Å². The molecule has 1 fully saturated rings. The number of hydrogen-bond acceptors (Lipinski definition) is 3. The molecule has 0 atom stereocenters. The average molecular weight is 399 g/mol. The monoisotopic (exact) mass is 398 g/mol. The van der Waals surface area contributed by atoms with Crippen molar-refractivity contribution in [2.24, 2.45) is 0 Å². The lowest BCUT2D eigenvalue weighted by atomic mass is 9.81. The third-order valence-corrected chi connectivity index (χ3v) is 7.11. The predicted molar refractivity (Wildman–Crippen MR) is 111 cm³/mol. The number of fused-ring (bicyclic) bond motifs is 1. The summed E-state index contributed by atoms with van der Waals surface area (Å²) in [5.41, 5.74) is 3.62. The highest BCUT2D eigenvalue weighted by Gasteiger charge is 2.28. The van der Waals surface area contributed by atoms with Gasteiger partial charge in [0.1, 0.15) is 0 Å². The SMILES string of the molecule is CS(=O)(=O)N1CCc2cc(C(=O)NC3CCC(c4ccccc4)CC3)ccc21. The number of benzene rings is 2. The van der Waals surface area contributed by atoms with Gasteiger partial charge < -0.3 is 5.32 Å². The zero-order chi connectivity index (χ0) is 19.7. The average Bonchev–Trinajstić information content (AvgIpc) is 3.13. The molecule has 28 heavy (non-hydrogen) atoms. The minimum Gasteiger partial charge on any atom is -0.349 e. The van der Waals surface area contributed by atoms with Crippen LogP contribution in [-0.4, -0.2) is 33.2 Å². The molecule has 0 spiro atoms. The second-order valence-corrected chi connectivity index (χ2v) is 9.77. The second kappa shape index (κ2) is 7.59. The first-order chi connectivity index (χ1) is 13.4. The van der Waals surface area contributed by atoms with Crippen LogP contribution in [0, 0.1) is 0 Å². The molecule has 1 heterocycles. The predicted octanol–water partition coefficient (Wildman–Crippen LogP) is 3.46. The molecule has 1 saturated carbocycles. The maximum atomic E-state index is 12.7. The topological polar surface area (TPSA) is 66.5 Å². The van der Waals surface area contributed by atoms with Gasteiger partial charge in [0.2, 0.25) is 10.0 Å². The van der Waals surface area contributed by atoms with Gasteiger partial charge in [0.05, 0.1) is 11.9 Å². The molecule has 4 rings (SSSR count). The van der Waals surface area contributed by atoms with Crippen molar-refractivity contribution in [1.29, 1.82) is 0 Å². The molecule has 0 unspecified atom stereocenters. The zero-order valence-electron chi connectivity index (χ0n) is 16.1. The van der Waals surface area contributed by atoms with Gasteiger partial charge in [-0.25, -0.2) is 8.42 Å². The number of nitrogens with zero attached hydrogens (tertiary/aromatic N) is 1. The van der Waals surface area contributed by atoms with Crippen molar-refractivity contribution in [3.8, 4) is 0 Å². The highest BCUT2D eigenvalue weighted by molar-refractivity contribution is 7.92. The van der Waals surface area contributed by atoms with E-state index in [-0.39, 0.29) is 11.9 Å². The lowest BCUT2D eigenvalue weighted by Crippen LogP contribution is -2.37. The van der Waals surface area contributed by atoms with Gasteiger partial charge in [0.25, 0.3) is 5.91 Å². The van der Waals surface area contributed by atoms with Gasteiger partial charge in [-0.1, -0.05) is 30.3 Å². The van der Waals surface area contributed by atoms with Crippen molar-refractivity contribution in [3.63, 3.8) is 0 Å². The molecule has 1 aliphatic carbocycles. The molecular formula is C22H26N2O3S. The van der Waals surface area contributed by atoms with E-state index in [1.165, 1.54) is 16.1 Å². The lowest BCUT2D eigenvalue weighted by Gasteiger charge is -2.29.